The molecule has 5 heteroatoms. The van der Waals surface area contributed by atoms with Gasteiger partial charge in [0.2, 0.25) is 0 Å². The fraction of sp³-hybridized carbons (Fsp3) is 0.192. The third kappa shape index (κ3) is 3.52. The predicted molar refractivity (Wildman–Crippen MR) is 122 cm³/mol. The van der Waals surface area contributed by atoms with Crippen molar-refractivity contribution in [2.75, 3.05) is 17.7 Å². The lowest BCUT2D eigenvalue weighted by atomic mass is 9.78. The highest BCUT2D eigenvalue weighted by atomic mass is 16.5. The molecule has 2 aliphatic rings. The van der Waals surface area contributed by atoms with Crippen LogP contribution in [0, 0.1) is 0 Å². The summed E-state index contributed by atoms with van der Waals surface area (Å²) in [5, 5.41) is 17.2. The standard InChI is InChI=1S/C26H24N2O3/c1-31-24-15-17(11-12-22(24)29)26-25-21(27-19-9-5-6-10-20(19)28-26)13-18(14-23(25)30)16-7-3-2-4-8-16/h2-12,15,18,26-29H,13-14H2,1H3. The predicted octanol–water partition coefficient (Wildman–Crippen LogP) is 5.38. The van der Waals surface area contributed by atoms with Gasteiger partial charge in [0, 0.05) is 17.7 Å². The van der Waals surface area contributed by atoms with E-state index < -0.39 is 0 Å². The minimum Gasteiger partial charge on any atom is -0.504 e. The number of methoxy groups -OCH3 is 1. The van der Waals surface area contributed by atoms with Crippen LogP contribution in [0.4, 0.5) is 11.4 Å². The molecule has 0 spiro atoms. The monoisotopic (exact) mass is 412 g/mol. The Morgan fingerprint density at radius 1 is 0.903 bits per heavy atom. The molecule has 3 N–H and O–H groups in total. The van der Waals surface area contributed by atoms with E-state index in [9.17, 15) is 9.90 Å². The zero-order chi connectivity index (χ0) is 21.4. The minimum absolute atomic E-state index is 0.0757. The van der Waals surface area contributed by atoms with E-state index in [1.807, 2.05) is 48.5 Å². The highest BCUT2D eigenvalue weighted by Crippen LogP contribution is 2.45. The second kappa shape index (κ2) is 7.84. The first-order chi connectivity index (χ1) is 15.1. The van der Waals surface area contributed by atoms with Crippen molar-refractivity contribution in [3.8, 4) is 11.5 Å². The molecule has 1 aliphatic carbocycles. The molecule has 0 fully saturated rings. The lowest BCUT2D eigenvalue weighted by molar-refractivity contribution is -0.116. The zero-order valence-corrected chi connectivity index (χ0v) is 17.3. The Morgan fingerprint density at radius 3 is 2.42 bits per heavy atom. The molecule has 2 unspecified atom stereocenters. The average Bonchev–Trinajstić information content (AvgIpc) is 2.97. The van der Waals surface area contributed by atoms with Crippen LogP contribution in [0.1, 0.15) is 35.9 Å². The molecule has 5 rings (SSSR count). The lowest BCUT2D eigenvalue weighted by Crippen LogP contribution is -2.26. The number of ketones is 1. The smallest absolute Gasteiger partial charge is 0.163 e. The molecule has 5 nitrogen and oxygen atoms in total. The zero-order valence-electron chi connectivity index (χ0n) is 17.3. The Bertz CT molecular complexity index is 1170. The number of fused-ring (bicyclic) bond motifs is 1. The summed E-state index contributed by atoms with van der Waals surface area (Å²) < 4.78 is 5.32. The number of hydrogen-bond donors (Lipinski definition) is 3. The van der Waals surface area contributed by atoms with E-state index in [2.05, 4.69) is 22.8 Å². The number of phenolic OH excluding ortho intramolecular Hbond substituents is 1. The summed E-state index contributed by atoms with van der Waals surface area (Å²) in [6.45, 7) is 0. The average molecular weight is 412 g/mol. The van der Waals surface area contributed by atoms with E-state index in [0.717, 1.165) is 34.6 Å². The molecule has 1 aliphatic heterocycles. The summed E-state index contributed by atoms with van der Waals surface area (Å²) in [5.41, 5.74) is 5.61. The molecular weight excluding hydrogens is 388 g/mol. The number of nitrogens with one attached hydrogen (secondary N) is 2. The summed E-state index contributed by atoms with van der Waals surface area (Å²) in [6.07, 6.45) is 1.22. The minimum atomic E-state index is -0.343. The van der Waals surface area contributed by atoms with Gasteiger partial charge < -0.3 is 20.5 Å². The second-order valence-electron chi connectivity index (χ2n) is 8.01. The Balaban J connectivity index is 1.63. The maximum absolute atomic E-state index is 13.5. The van der Waals surface area contributed by atoms with Gasteiger partial charge >= 0.3 is 0 Å². The van der Waals surface area contributed by atoms with Crippen LogP contribution < -0.4 is 15.4 Å². The first-order valence-corrected chi connectivity index (χ1v) is 10.4. The van der Waals surface area contributed by atoms with Gasteiger partial charge in [0.1, 0.15) is 0 Å². The number of allylic oxidation sites excluding steroid dienone is 1. The number of aromatic hydroxyl groups is 1. The third-order valence-electron chi connectivity index (χ3n) is 6.12. The van der Waals surface area contributed by atoms with Gasteiger partial charge in [-0.1, -0.05) is 48.5 Å². The molecule has 0 radical (unpaired) electrons. The SMILES string of the molecule is COc1cc(C2Nc3ccccc3NC3=C2C(=O)CC(c2ccccc2)C3)ccc1O. The van der Waals surface area contributed by atoms with E-state index in [0.29, 0.717) is 12.2 Å². The van der Waals surface area contributed by atoms with Gasteiger partial charge in [0.05, 0.1) is 24.5 Å². The Kier molecular flexibility index (Phi) is 4.86. The number of rotatable bonds is 3. The molecule has 2 atom stereocenters. The van der Waals surface area contributed by atoms with Gasteiger partial charge in [0.25, 0.3) is 0 Å². The van der Waals surface area contributed by atoms with Crippen LogP contribution in [0.5, 0.6) is 11.5 Å². The lowest BCUT2D eigenvalue weighted by Gasteiger charge is -2.30. The number of benzene rings is 3. The van der Waals surface area contributed by atoms with Gasteiger partial charge in [-0.15, -0.1) is 0 Å². The molecule has 0 saturated carbocycles. The number of Topliss-reactive ketones (excluding diaryl/α,β-unsaturated/α-hetero) is 1. The molecule has 0 saturated heterocycles. The van der Waals surface area contributed by atoms with Crippen LogP contribution in [0.15, 0.2) is 84.1 Å². The first-order valence-electron chi connectivity index (χ1n) is 10.4. The molecule has 31 heavy (non-hydrogen) atoms. The van der Waals surface area contributed by atoms with Crippen LogP contribution >= 0.6 is 0 Å². The van der Waals surface area contributed by atoms with Gasteiger partial charge in [0.15, 0.2) is 17.3 Å². The van der Waals surface area contributed by atoms with Crippen molar-refractivity contribution in [3.63, 3.8) is 0 Å². The van der Waals surface area contributed by atoms with Crippen LogP contribution in [0.3, 0.4) is 0 Å². The molecule has 156 valence electrons. The Labute approximate surface area is 181 Å². The van der Waals surface area contributed by atoms with Gasteiger partial charge in [-0.05, 0) is 47.7 Å². The fourth-order valence-corrected chi connectivity index (χ4v) is 4.58. The highest BCUT2D eigenvalue weighted by Gasteiger charge is 2.36. The summed E-state index contributed by atoms with van der Waals surface area (Å²) >= 11 is 0. The maximum Gasteiger partial charge on any atom is 0.163 e. The largest absolute Gasteiger partial charge is 0.504 e. The van der Waals surface area contributed by atoms with Gasteiger partial charge in [-0.3, -0.25) is 4.79 Å². The van der Waals surface area contributed by atoms with Crippen molar-refractivity contribution in [1.29, 1.82) is 0 Å². The van der Waals surface area contributed by atoms with E-state index in [1.54, 1.807) is 12.1 Å². The molecule has 3 aromatic rings. The van der Waals surface area contributed by atoms with E-state index in [4.69, 9.17) is 4.74 Å². The number of phenols is 1. The van der Waals surface area contributed by atoms with Gasteiger partial charge in [-0.2, -0.15) is 0 Å². The number of para-hydroxylation sites is 2. The van der Waals surface area contributed by atoms with Crippen LogP contribution in [0.25, 0.3) is 0 Å². The van der Waals surface area contributed by atoms with Crippen molar-refractivity contribution in [1.82, 2.24) is 0 Å². The summed E-state index contributed by atoms with van der Waals surface area (Å²) in [4.78, 5) is 13.5. The normalized spacial score (nSPS) is 20.1. The van der Waals surface area contributed by atoms with Crippen molar-refractivity contribution in [2.24, 2.45) is 0 Å². The maximum atomic E-state index is 13.5. The van der Waals surface area contributed by atoms with Gasteiger partial charge in [-0.25, -0.2) is 0 Å². The molecule has 3 aromatic carbocycles. The van der Waals surface area contributed by atoms with Crippen LogP contribution in [-0.4, -0.2) is 18.0 Å². The number of carbonyl (C=O) groups excluding carboxylic acids is 1. The van der Waals surface area contributed by atoms with Crippen LogP contribution in [0.2, 0.25) is 0 Å². The van der Waals surface area contributed by atoms with Crippen molar-refractivity contribution in [2.45, 2.75) is 24.8 Å². The number of ether oxygens (including phenoxy) is 1. The summed E-state index contributed by atoms with van der Waals surface area (Å²) in [6, 6.07) is 23.1. The van der Waals surface area contributed by atoms with E-state index in [1.165, 1.54) is 12.7 Å². The summed E-state index contributed by atoms with van der Waals surface area (Å²) in [7, 11) is 1.52. The number of carbonyl (C=O) groups is 1. The number of hydrogen-bond acceptors (Lipinski definition) is 5. The highest BCUT2D eigenvalue weighted by molar-refractivity contribution is 6.01. The van der Waals surface area contributed by atoms with Crippen molar-refractivity contribution < 1.29 is 14.6 Å². The first kappa shape index (κ1) is 19.2. The van der Waals surface area contributed by atoms with Crippen molar-refractivity contribution >= 4 is 17.2 Å². The third-order valence-corrected chi connectivity index (χ3v) is 6.12. The Morgan fingerprint density at radius 2 is 1.65 bits per heavy atom. The summed E-state index contributed by atoms with van der Waals surface area (Å²) in [5.74, 6) is 0.726. The molecule has 0 aromatic heterocycles. The van der Waals surface area contributed by atoms with Crippen LogP contribution in [-0.2, 0) is 4.79 Å². The van der Waals surface area contributed by atoms with Crippen molar-refractivity contribution in [3.05, 3.63) is 95.2 Å². The molecule has 0 bridgehead atoms. The van der Waals surface area contributed by atoms with E-state index >= 15 is 0 Å². The Hall–Kier alpha value is -3.73. The number of anilines is 2. The molecule has 0 amide bonds. The van der Waals surface area contributed by atoms with E-state index in [-0.39, 0.29) is 23.5 Å². The quantitative estimate of drug-likeness (QED) is 0.539. The molecule has 1 heterocycles. The topological polar surface area (TPSA) is 70.6 Å². The fourth-order valence-electron chi connectivity index (χ4n) is 4.58. The molecular formula is C26H24N2O3. The second-order valence-corrected chi connectivity index (χ2v) is 8.01.